The minimum absolute atomic E-state index is 0.156. The molecule has 0 aromatic heterocycles. The van der Waals surface area contributed by atoms with Crippen molar-refractivity contribution in [2.45, 2.75) is 76.8 Å². The number of rotatable bonds is 13. The van der Waals surface area contributed by atoms with E-state index in [-0.39, 0.29) is 35.8 Å². The highest BCUT2D eigenvalue weighted by Gasteiger charge is 2.51. The molecule has 48 heavy (non-hydrogen) atoms. The molecule has 0 saturated heterocycles. The van der Waals surface area contributed by atoms with E-state index in [1.54, 1.807) is 18.2 Å². The van der Waals surface area contributed by atoms with E-state index in [1.165, 1.54) is 55.1 Å². The molecule has 1 atom stereocenters. The number of carbonyl (C=O) groups is 2. The van der Waals surface area contributed by atoms with Gasteiger partial charge in [-0.1, -0.05) is 74.5 Å². The van der Waals surface area contributed by atoms with E-state index in [9.17, 15) is 18.0 Å². The molecule has 3 aromatic carbocycles. The largest absolute Gasteiger partial charge is 0.354 e. The first kappa shape index (κ1) is 34.2. The van der Waals surface area contributed by atoms with E-state index in [0.717, 1.165) is 33.9 Å². The summed E-state index contributed by atoms with van der Waals surface area (Å²) in [6.45, 7) is 3.64. The number of carbonyl (C=O) groups excluding carboxylic acids is 2. The maximum absolute atomic E-state index is 15.0. The Labute approximate surface area is 285 Å². The number of benzene rings is 3. The molecule has 4 aliphatic rings. The maximum Gasteiger partial charge on any atom is 0.244 e. The second kappa shape index (κ2) is 14.0. The van der Waals surface area contributed by atoms with E-state index in [4.69, 9.17) is 0 Å². The van der Waals surface area contributed by atoms with E-state index in [2.05, 4.69) is 17.4 Å². The van der Waals surface area contributed by atoms with Crippen molar-refractivity contribution in [1.82, 2.24) is 10.2 Å². The second-order valence-corrected chi connectivity index (χ2v) is 16.9. The van der Waals surface area contributed by atoms with Crippen LogP contribution in [0.3, 0.4) is 0 Å². The molecule has 0 spiro atoms. The van der Waals surface area contributed by atoms with Gasteiger partial charge in [0.05, 0.1) is 11.9 Å². The molecule has 256 valence electrons. The third-order valence-corrected chi connectivity index (χ3v) is 11.9. The van der Waals surface area contributed by atoms with Crippen LogP contribution in [0.4, 0.5) is 10.1 Å². The zero-order valence-corrected chi connectivity index (χ0v) is 29.1. The first-order valence-electron chi connectivity index (χ1n) is 17.3. The Balaban J connectivity index is 1.31. The van der Waals surface area contributed by atoms with Crippen LogP contribution in [-0.4, -0.2) is 50.5 Å². The molecule has 0 radical (unpaired) electrons. The molecule has 7 rings (SSSR count). The van der Waals surface area contributed by atoms with Crippen LogP contribution in [0.15, 0.2) is 78.9 Å². The smallest absolute Gasteiger partial charge is 0.244 e. The molecule has 0 aliphatic heterocycles. The zero-order valence-electron chi connectivity index (χ0n) is 28.3. The van der Waals surface area contributed by atoms with Crippen LogP contribution < -0.4 is 9.62 Å². The van der Waals surface area contributed by atoms with Gasteiger partial charge < -0.3 is 10.2 Å². The van der Waals surface area contributed by atoms with E-state index in [0.29, 0.717) is 12.2 Å². The molecule has 4 saturated carbocycles. The maximum atomic E-state index is 15.0. The van der Waals surface area contributed by atoms with Gasteiger partial charge in [-0.2, -0.15) is 0 Å². The monoisotopic (exact) mass is 673 g/mol. The fraction of sp³-hybridized carbons (Fsp3) is 0.487. The molecule has 9 heteroatoms. The Morgan fingerprint density at radius 1 is 0.875 bits per heavy atom. The third-order valence-electron chi connectivity index (χ3n) is 10.7. The summed E-state index contributed by atoms with van der Waals surface area (Å²) in [5.74, 6) is 1.05. The average Bonchev–Trinajstić information content (AvgIpc) is 3.04. The van der Waals surface area contributed by atoms with Gasteiger partial charge in [0, 0.05) is 25.1 Å². The Kier molecular flexibility index (Phi) is 9.98. The highest BCUT2D eigenvalue weighted by atomic mass is 32.2. The molecular formula is C39H48FN3O4S. The summed E-state index contributed by atoms with van der Waals surface area (Å²) in [5.41, 5.74) is 2.88. The summed E-state index contributed by atoms with van der Waals surface area (Å²) >= 11 is 0. The Bertz CT molecular complexity index is 1680. The van der Waals surface area contributed by atoms with Crippen LogP contribution in [0.5, 0.6) is 0 Å². The number of nitrogens with one attached hydrogen (secondary N) is 1. The molecule has 4 fully saturated rings. The van der Waals surface area contributed by atoms with Crippen molar-refractivity contribution in [2.24, 2.45) is 23.7 Å². The van der Waals surface area contributed by atoms with Crippen molar-refractivity contribution in [3.63, 3.8) is 0 Å². The van der Waals surface area contributed by atoms with Gasteiger partial charge in [0.25, 0.3) is 0 Å². The van der Waals surface area contributed by atoms with Gasteiger partial charge in [-0.3, -0.25) is 13.9 Å². The van der Waals surface area contributed by atoms with Crippen LogP contribution in [0.2, 0.25) is 0 Å². The molecule has 1 N–H and O–H groups in total. The Morgan fingerprint density at radius 3 is 2.02 bits per heavy atom. The summed E-state index contributed by atoms with van der Waals surface area (Å²) in [6.07, 6.45) is 8.87. The number of nitrogens with zero attached hydrogens (tertiary/aromatic N) is 2. The van der Waals surface area contributed by atoms with E-state index >= 15 is 4.39 Å². The van der Waals surface area contributed by atoms with Gasteiger partial charge >= 0.3 is 0 Å². The van der Waals surface area contributed by atoms with Crippen LogP contribution >= 0.6 is 0 Å². The van der Waals surface area contributed by atoms with Crippen molar-refractivity contribution in [1.29, 1.82) is 0 Å². The summed E-state index contributed by atoms with van der Waals surface area (Å²) in [6, 6.07) is 22.2. The summed E-state index contributed by atoms with van der Waals surface area (Å²) in [7, 11) is -3.90. The summed E-state index contributed by atoms with van der Waals surface area (Å²) in [5, 5.41) is 2.96. The van der Waals surface area contributed by atoms with Crippen LogP contribution in [-0.2, 0) is 38.0 Å². The van der Waals surface area contributed by atoms with Crippen molar-refractivity contribution in [3.8, 4) is 0 Å². The number of amides is 2. The van der Waals surface area contributed by atoms with Crippen LogP contribution in [0.1, 0.15) is 69.1 Å². The minimum atomic E-state index is -3.90. The van der Waals surface area contributed by atoms with Crippen molar-refractivity contribution in [3.05, 3.63) is 101 Å². The predicted octanol–water partition coefficient (Wildman–Crippen LogP) is 6.47. The Morgan fingerprint density at radius 2 is 1.46 bits per heavy atom. The first-order chi connectivity index (χ1) is 22.9. The van der Waals surface area contributed by atoms with Gasteiger partial charge in [-0.25, -0.2) is 12.8 Å². The summed E-state index contributed by atoms with van der Waals surface area (Å²) in [4.78, 5) is 29.5. The quantitative estimate of drug-likeness (QED) is 0.225. The molecule has 4 aliphatic carbocycles. The first-order valence-corrected chi connectivity index (χ1v) is 19.2. The molecule has 2 amide bonds. The van der Waals surface area contributed by atoms with Crippen LogP contribution in [0.25, 0.3) is 0 Å². The van der Waals surface area contributed by atoms with E-state index < -0.39 is 34.3 Å². The topological polar surface area (TPSA) is 86.8 Å². The lowest BCUT2D eigenvalue weighted by atomic mass is 9.48. The third kappa shape index (κ3) is 7.61. The summed E-state index contributed by atoms with van der Waals surface area (Å²) < 4.78 is 42.7. The fourth-order valence-corrected chi connectivity index (χ4v) is 9.70. The van der Waals surface area contributed by atoms with Crippen LogP contribution in [0, 0.1) is 29.5 Å². The minimum Gasteiger partial charge on any atom is -0.354 e. The molecule has 4 bridgehead atoms. The van der Waals surface area contributed by atoms with Crippen molar-refractivity contribution in [2.75, 3.05) is 23.7 Å². The average molecular weight is 674 g/mol. The lowest BCUT2D eigenvalue weighted by Gasteiger charge is -2.57. The van der Waals surface area contributed by atoms with Crippen molar-refractivity contribution >= 4 is 27.5 Å². The molecule has 0 heterocycles. The Hall–Kier alpha value is -3.72. The number of hydrogen-bond acceptors (Lipinski definition) is 4. The standard InChI is InChI=1S/C39H48FN3O4S/c1-27(2)24-41-38(45)36(20-28-9-5-4-6-10-28)42(25-32-11-7-8-12-35(32)40)37(44)26-43(48(3,46)47)34-15-13-33(14-16-34)39-21-29-17-30(22-39)19-31(18-29)23-39/h4-16,27,29-31,36H,17-26H2,1-3H3,(H,41,45). The number of halogens is 1. The van der Waals surface area contributed by atoms with Gasteiger partial charge in [0.1, 0.15) is 18.4 Å². The number of anilines is 1. The number of sulfonamides is 1. The molecule has 1 unspecified atom stereocenters. The molecule has 7 nitrogen and oxygen atoms in total. The normalized spacial score (nSPS) is 23.6. The van der Waals surface area contributed by atoms with Gasteiger partial charge in [0.15, 0.2) is 0 Å². The lowest BCUT2D eigenvalue weighted by molar-refractivity contribution is -0.140. The highest BCUT2D eigenvalue weighted by Crippen LogP contribution is 2.60. The van der Waals surface area contributed by atoms with Crippen molar-refractivity contribution < 1.29 is 22.4 Å². The van der Waals surface area contributed by atoms with Gasteiger partial charge in [0.2, 0.25) is 21.8 Å². The number of hydrogen-bond donors (Lipinski definition) is 1. The predicted molar refractivity (Wildman–Crippen MR) is 187 cm³/mol. The molecule has 3 aromatic rings. The fourth-order valence-electron chi connectivity index (χ4n) is 8.85. The molecular weight excluding hydrogens is 626 g/mol. The van der Waals surface area contributed by atoms with Gasteiger partial charge in [-0.15, -0.1) is 0 Å². The lowest BCUT2D eigenvalue weighted by Crippen LogP contribution is -2.53. The highest BCUT2D eigenvalue weighted by molar-refractivity contribution is 7.92. The second-order valence-electron chi connectivity index (χ2n) is 15.0. The van der Waals surface area contributed by atoms with E-state index in [1.807, 2.05) is 56.3 Å². The zero-order chi connectivity index (χ0) is 34.1. The van der Waals surface area contributed by atoms with Gasteiger partial charge in [-0.05, 0) is 96.9 Å². The SMILES string of the molecule is CC(C)CNC(=O)C(Cc1ccccc1)N(Cc1ccccc1F)C(=O)CN(c1ccc(C23CC4CC(CC(C4)C2)C3)cc1)S(C)(=O)=O.